The van der Waals surface area contributed by atoms with Crippen molar-refractivity contribution in [1.82, 2.24) is 0 Å². The van der Waals surface area contributed by atoms with Crippen molar-refractivity contribution in [3.8, 4) is 0 Å². The first-order valence-electron chi connectivity index (χ1n) is 11.4. The quantitative estimate of drug-likeness (QED) is 0.190. The second-order valence-corrected chi connectivity index (χ2v) is 8.81. The SMILES string of the molecule is CCCCCCCCCCCCCCCCCC(=O)[O-].C[N+](C)(C)CCO.[Fe+3]. The number of carbonyl (C=O) groups excluding carboxylic acids is 1. The zero-order valence-electron chi connectivity index (χ0n) is 19.3. The van der Waals surface area contributed by atoms with Gasteiger partial charge in [0.1, 0.15) is 6.54 Å². The van der Waals surface area contributed by atoms with Gasteiger partial charge in [-0.05, 0) is 12.8 Å². The summed E-state index contributed by atoms with van der Waals surface area (Å²) < 4.78 is 0.844. The Morgan fingerprint density at radius 1 is 0.714 bits per heavy atom. The van der Waals surface area contributed by atoms with Gasteiger partial charge in [0.15, 0.2) is 0 Å². The summed E-state index contributed by atoms with van der Waals surface area (Å²) in [5, 5.41) is 18.6. The summed E-state index contributed by atoms with van der Waals surface area (Å²) in [7, 11) is 6.16. The molecule has 5 heteroatoms. The van der Waals surface area contributed by atoms with Crippen molar-refractivity contribution in [3.05, 3.63) is 0 Å². The predicted octanol–water partition coefficient (Wildman–Crippen LogP) is 4.68. The van der Waals surface area contributed by atoms with Gasteiger partial charge in [0.05, 0.1) is 27.7 Å². The first-order chi connectivity index (χ1) is 12.8. The minimum atomic E-state index is -0.903. The third-order valence-corrected chi connectivity index (χ3v) is 4.76. The fraction of sp³-hybridized carbons (Fsp3) is 0.957. The number of quaternary nitrogens is 1. The van der Waals surface area contributed by atoms with E-state index in [0.29, 0.717) is 0 Å². The molecule has 0 bridgehead atoms. The largest absolute Gasteiger partial charge is 3.00 e. The molecular weight excluding hydrogens is 394 g/mol. The fourth-order valence-corrected chi connectivity index (χ4v) is 2.94. The average Bonchev–Trinajstić information content (AvgIpc) is 2.57. The van der Waals surface area contributed by atoms with E-state index in [0.717, 1.165) is 23.9 Å². The van der Waals surface area contributed by atoms with Crippen molar-refractivity contribution in [2.75, 3.05) is 34.3 Å². The maximum absolute atomic E-state index is 10.2. The van der Waals surface area contributed by atoms with Crippen molar-refractivity contribution in [2.45, 2.75) is 110 Å². The van der Waals surface area contributed by atoms with Gasteiger partial charge in [0, 0.05) is 5.97 Å². The maximum atomic E-state index is 10.2. The number of aliphatic carboxylic acids is 1. The third kappa shape index (κ3) is 36.8. The van der Waals surface area contributed by atoms with Crippen LogP contribution in [-0.4, -0.2) is 49.9 Å². The van der Waals surface area contributed by atoms with Gasteiger partial charge < -0.3 is 19.5 Å². The Balaban J connectivity index is -0.000000665. The molecule has 0 aromatic heterocycles. The Labute approximate surface area is 186 Å². The molecule has 0 atom stereocenters. The van der Waals surface area contributed by atoms with Gasteiger partial charge in [-0.2, -0.15) is 0 Å². The van der Waals surface area contributed by atoms with E-state index >= 15 is 0 Å². The predicted molar refractivity (Wildman–Crippen MR) is 115 cm³/mol. The minimum absolute atomic E-state index is 0. The number of aliphatic hydroxyl groups is 1. The molecule has 0 spiro atoms. The molecule has 4 nitrogen and oxygen atoms in total. The zero-order valence-corrected chi connectivity index (χ0v) is 20.4. The summed E-state index contributed by atoms with van der Waals surface area (Å²) in [6.07, 6.45) is 19.9. The van der Waals surface area contributed by atoms with Crippen LogP contribution in [-0.2, 0) is 21.9 Å². The number of rotatable bonds is 18. The Bertz CT molecular complexity index is 307. The molecular formula is C23H49FeNO3+3. The van der Waals surface area contributed by atoms with E-state index in [4.69, 9.17) is 5.11 Å². The van der Waals surface area contributed by atoms with Crippen LogP contribution in [0.25, 0.3) is 0 Å². The van der Waals surface area contributed by atoms with Crippen molar-refractivity contribution in [3.63, 3.8) is 0 Å². The Morgan fingerprint density at radius 2 is 1.04 bits per heavy atom. The van der Waals surface area contributed by atoms with Gasteiger partial charge in [0.2, 0.25) is 0 Å². The number of likely N-dealkylation sites (N-methyl/N-ethyl adjacent to an activating group) is 1. The van der Waals surface area contributed by atoms with Crippen molar-refractivity contribution in [1.29, 1.82) is 0 Å². The number of carboxylic acids is 1. The molecule has 0 aliphatic carbocycles. The molecule has 0 saturated heterocycles. The molecule has 0 unspecified atom stereocenters. The van der Waals surface area contributed by atoms with E-state index in [1.807, 2.05) is 0 Å². The summed E-state index contributed by atoms with van der Waals surface area (Å²) in [6.45, 7) is 3.38. The molecule has 0 amide bonds. The van der Waals surface area contributed by atoms with Crippen LogP contribution in [0.15, 0.2) is 0 Å². The molecule has 0 aromatic rings. The van der Waals surface area contributed by atoms with Crippen LogP contribution >= 0.6 is 0 Å². The van der Waals surface area contributed by atoms with Gasteiger partial charge in [-0.1, -0.05) is 96.8 Å². The van der Waals surface area contributed by atoms with Crippen LogP contribution in [0.5, 0.6) is 0 Å². The molecule has 0 rings (SSSR count). The first kappa shape index (κ1) is 32.6. The van der Waals surface area contributed by atoms with E-state index < -0.39 is 5.97 Å². The number of hydrogen-bond donors (Lipinski definition) is 1. The second-order valence-electron chi connectivity index (χ2n) is 8.81. The summed E-state index contributed by atoms with van der Waals surface area (Å²) in [4.78, 5) is 10.2. The van der Waals surface area contributed by atoms with Crippen LogP contribution in [0.4, 0.5) is 0 Å². The van der Waals surface area contributed by atoms with Crippen molar-refractivity contribution >= 4 is 5.97 Å². The van der Waals surface area contributed by atoms with E-state index in [9.17, 15) is 9.90 Å². The topological polar surface area (TPSA) is 60.4 Å². The van der Waals surface area contributed by atoms with Crippen LogP contribution in [0.1, 0.15) is 110 Å². The Hall–Kier alpha value is -0.0905. The van der Waals surface area contributed by atoms with Gasteiger partial charge in [0.25, 0.3) is 0 Å². The standard InChI is InChI=1S/C18H36O2.C5H14NO.Fe/c1-2-3-4-5-6-7-8-9-10-11-12-13-14-15-16-17-18(19)20;1-6(2,3)4-5-7;/h2-17H2,1H3,(H,19,20);7H,4-5H2,1-3H3;/q;+1;+3/p-1. The fourth-order valence-electron chi connectivity index (χ4n) is 2.94. The Kier molecular flexibility index (Phi) is 29.0. The molecule has 0 heterocycles. The molecule has 169 valence electrons. The van der Waals surface area contributed by atoms with Gasteiger partial charge in [-0.25, -0.2) is 0 Å². The van der Waals surface area contributed by atoms with E-state index in [1.165, 1.54) is 83.5 Å². The number of hydrogen-bond acceptors (Lipinski definition) is 3. The monoisotopic (exact) mass is 443 g/mol. The summed E-state index contributed by atoms with van der Waals surface area (Å²) >= 11 is 0. The first-order valence-corrected chi connectivity index (χ1v) is 11.4. The van der Waals surface area contributed by atoms with Crippen LogP contribution in [0, 0.1) is 0 Å². The number of aliphatic hydroxyl groups excluding tert-OH is 1. The molecule has 1 N–H and O–H groups in total. The van der Waals surface area contributed by atoms with Crippen LogP contribution in [0.3, 0.4) is 0 Å². The minimum Gasteiger partial charge on any atom is -0.550 e. The van der Waals surface area contributed by atoms with Gasteiger partial charge in [-0.15, -0.1) is 0 Å². The Morgan fingerprint density at radius 3 is 1.25 bits per heavy atom. The van der Waals surface area contributed by atoms with E-state index in [2.05, 4.69) is 28.1 Å². The number of nitrogens with zero attached hydrogens (tertiary/aromatic N) is 1. The van der Waals surface area contributed by atoms with Crippen molar-refractivity contribution in [2.24, 2.45) is 0 Å². The zero-order chi connectivity index (χ0) is 20.8. The average molecular weight is 443 g/mol. The summed E-state index contributed by atoms with van der Waals surface area (Å²) in [6, 6.07) is 0. The van der Waals surface area contributed by atoms with E-state index in [1.54, 1.807) is 0 Å². The molecule has 0 aliphatic rings. The number of carbonyl (C=O) groups is 1. The van der Waals surface area contributed by atoms with Gasteiger partial charge >= 0.3 is 17.1 Å². The molecule has 0 fully saturated rings. The smallest absolute Gasteiger partial charge is 0.550 e. The van der Waals surface area contributed by atoms with Crippen molar-refractivity contribution < 1.29 is 36.6 Å². The normalized spacial score (nSPS) is 10.8. The van der Waals surface area contributed by atoms with Crippen LogP contribution < -0.4 is 5.11 Å². The van der Waals surface area contributed by atoms with Gasteiger partial charge in [-0.3, -0.25) is 0 Å². The molecule has 0 aromatic carbocycles. The molecule has 0 aliphatic heterocycles. The number of carboxylic acid groups (broad SMARTS) is 1. The number of unbranched alkanes of at least 4 members (excludes halogenated alkanes) is 14. The third-order valence-electron chi connectivity index (χ3n) is 4.76. The molecule has 1 radical (unpaired) electrons. The van der Waals surface area contributed by atoms with Crippen LogP contribution in [0.2, 0.25) is 0 Å². The summed E-state index contributed by atoms with van der Waals surface area (Å²) in [5.74, 6) is -0.903. The molecule has 0 saturated carbocycles. The summed E-state index contributed by atoms with van der Waals surface area (Å²) in [5.41, 5.74) is 0. The second kappa shape index (κ2) is 24.9. The maximum Gasteiger partial charge on any atom is 3.00 e. The van der Waals surface area contributed by atoms with E-state index in [-0.39, 0.29) is 30.1 Å². The molecule has 28 heavy (non-hydrogen) atoms.